The molecular formula is C12H26N2O2. The molecule has 1 saturated heterocycles. The monoisotopic (exact) mass is 230 g/mol. The van der Waals surface area contributed by atoms with Crippen LogP contribution in [-0.4, -0.2) is 64.6 Å². The summed E-state index contributed by atoms with van der Waals surface area (Å²) >= 11 is 0. The van der Waals surface area contributed by atoms with Crippen LogP contribution in [0.4, 0.5) is 0 Å². The highest BCUT2D eigenvalue weighted by molar-refractivity contribution is 4.75. The van der Waals surface area contributed by atoms with Gasteiger partial charge in [0.15, 0.2) is 0 Å². The van der Waals surface area contributed by atoms with E-state index < -0.39 is 0 Å². The van der Waals surface area contributed by atoms with Gasteiger partial charge in [0.05, 0.1) is 6.61 Å². The number of likely N-dealkylation sites (N-methyl/N-ethyl adjacent to an activating group) is 1. The van der Waals surface area contributed by atoms with Gasteiger partial charge in [-0.3, -0.25) is 0 Å². The molecule has 0 amide bonds. The van der Waals surface area contributed by atoms with E-state index in [4.69, 9.17) is 9.47 Å². The lowest BCUT2D eigenvalue weighted by Crippen LogP contribution is -2.42. The van der Waals surface area contributed by atoms with Crippen molar-refractivity contribution in [1.29, 1.82) is 0 Å². The van der Waals surface area contributed by atoms with E-state index in [1.807, 2.05) is 0 Å². The van der Waals surface area contributed by atoms with Crippen LogP contribution in [0.25, 0.3) is 0 Å². The Balaban J connectivity index is 1.94. The number of hydrogen-bond donors (Lipinski definition) is 1. The second kappa shape index (κ2) is 8.93. The molecule has 0 unspecified atom stereocenters. The molecule has 0 radical (unpaired) electrons. The van der Waals surface area contributed by atoms with E-state index in [1.54, 1.807) is 7.11 Å². The molecule has 0 spiro atoms. The van der Waals surface area contributed by atoms with Crippen molar-refractivity contribution in [2.75, 3.05) is 53.6 Å². The van der Waals surface area contributed by atoms with Gasteiger partial charge in [-0.2, -0.15) is 0 Å². The van der Waals surface area contributed by atoms with Crippen LogP contribution in [0, 0.1) is 0 Å². The van der Waals surface area contributed by atoms with Gasteiger partial charge >= 0.3 is 0 Å². The lowest BCUT2D eigenvalue weighted by molar-refractivity contribution is 0.0758. The normalized spacial score (nSPS) is 18.2. The number of rotatable bonds is 8. The molecule has 1 rings (SSSR count). The summed E-state index contributed by atoms with van der Waals surface area (Å²) in [6, 6.07) is 0.740. The van der Waals surface area contributed by atoms with Gasteiger partial charge in [0.2, 0.25) is 0 Å². The quantitative estimate of drug-likeness (QED) is 0.623. The van der Waals surface area contributed by atoms with Crippen LogP contribution in [0.2, 0.25) is 0 Å². The van der Waals surface area contributed by atoms with Crippen LogP contribution in [-0.2, 0) is 9.47 Å². The maximum absolute atomic E-state index is 5.56. The van der Waals surface area contributed by atoms with Crippen LogP contribution in [0.1, 0.15) is 19.3 Å². The minimum atomic E-state index is 0.740. The smallest absolute Gasteiger partial charge is 0.0593 e. The number of hydrogen-bond acceptors (Lipinski definition) is 4. The van der Waals surface area contributed by atoms with E-state index in [9.17, 15) is 0 Å². The topological polar surface area (TPSA) is 33.7 Å². The first-order valence-corrected chi connectivity index (χ1v) is 6.32. The Morgan fingerprint density at radius 3 is 2.62 bits per heavy atom. The van der Waals surface area contributed by atoms with Crippen LogP contribution in [0.5, 0.6) is 0 Å². The Kier molecular flexibility index (Phi) is 7.76. The molecule has 4 heteroatoms. The molecule has 1 aliphatic heterocycles. The number of ether oxygens (including phenoxy) is 2. The first kappa shape index (κ1) is 13.9. The lowest BCUT2D eigenvalue weighted by atomic mass is 10.1. The summed E-state index contributed by atoms with van der Waals surface area (Å²) in [5.41, 5.74) is 0. The standard InChI is InChI=1S/C12H26N2O2/c1-14(12-4-6-13-7-5-12)8-11-16-10-3-9-15-2/h12-13H,3-11H2,1-2H3. The van der Waals surface area contributed by atoms with Gasteiger partial charge in [0.25, 0.3) is 0 Å². The average Bonchev–Trinajstić information content (AvgIpc) is 2.34. The molecule has 1 aliphatic rings. The predicted molar refractivity (Wildman–Crippen MR) is 65.8 cm³/mol. The van der Waals surface area contributed by atoms with Crippen LogP contribution in [0.3, 0.4) is 0 Å². The van der Waals surface area contributed by atoms with Gasteiger partial charge in [-0.25, -0.2) is 0 Å². The van der Waals surface area contributed by atoms with E-state index in [0.29, 0.717) is 0 Å². The highest BCUT2D eigenvalue weighted by atomic mass is 16.5. The van der Waals surface area contributed by atoms with Crippen molar-refractivity contribution in [2.24, 2.45) is 0 Å². The third-order valence-electron chi connectivity index (χ3n) is 3.16. The van der Waals surface area contributed by atoms with Crippen molar-refractivity contribution in [3.63, 3.8) is 0 Å². The van der Waals surface area contributed by atoms with Gasteiger partial charge in [-0.1, -0.05) is 0 Å². The first-order chi connectivity index (χ1) is 7.84. The fourth-order valence-electron chi connectivity index (χ4n) is 2.05. The highest BCUT2D eigenvalue weighted by Crippen LogP contribution is 2.08. The SMILES string of the molecule is COCCCOCCN(C)C1CCNCC1. The summed E-state index contributed by atoms with van der Waals surface area (Å²) < 4.78 is 10.5. The number of piperidine rings is 1. The van der Waals surface area contributed by atoms with Crippen molar-refractivity contribution in [3.05, 3.63) is 0 Å². The summed E-state index contributed by atoms with van der Waals surface area (Å²) in [4.78, 5) is 2.43. The zero-order valence-electron chi connectivity index (χ0n) is 10.7. The van der Waals surface area contributed by atoms with E-state index in [-0.39, 0.29) is 0 Å². The van der Waals surface area contributed by atoms with Crippen molar-refractivity contribution >= 4 is 0 Å². The molecule has 0 bridgehead atoms. The minimum Gasteiger partial charge on any atom is -0.385 e. The Hall–Kier alpha value is -0.160. The van der Waals surface area contributed by atoms with Crippen LogP contribution in [0.15, 0.2) is 0 Å². The van der Waals surface area contributed by atoms with E-state index in [1.165, 1.54) is 12.8 Å². The van der Waals surface area contributed by atoms with Crippen molar-refractivity contribution in [3.8, 4) is 0 Å². The number of nitrogens with one attached hydrogen (secondary N) is 1. The molecule has 0 aliphatic carbocycles. The fourth-order valence-corrected chi connectivity index (χ4v) is 2.05. The second-order valence-electron chi connectivity index (χ2n) is 4.42. The van der Waals surface area contributed by atoms with Gasteiger partial charge in [-0.15, -0.1) is 0 Å². The summed E-state index contributed by atoms with van der Waals surface area (Å²) in [5, 5.41) is 3.39. The maximum atomic E-state index is 5.56. The molecule has 1 N–H and O–H groups in total. The van der Waals surface area contributed by atoms with Gasteiger partial charge < -0.3 is 19.7 Å². The third-order valence-corrected chi connectivity index (χ3v) is 3.16. The second-order valence-corrected chi connectivity index (χ2v) is 4.42. The van der Waals surface area contributed by atoms with Gasteiger partial charge in [0.1, 0.15) is 0 Å². The largest absolute Gasteiger partial charge is 0.385 e. The number of nitrogens with zero attached hydrogens (tertiary/aromatic N) is 1. The zero-order chi connectivity index (χ0) is 11.6. The minimum absolute atomic E-state index is 0.740. The summed E-state index contributed by atoms with van der Waals surface area (Å²) in [5.74, 6) is 0. The summed E-state index contributed by atoms with van der Waals surface area (Å²) in [7, 11) is 3.93. The predicted octanol–water partition coefficient (Wildman–Crippen LogP) is 0.723. The van der Waals surface area contributed by atoms with Crippen molar-refractivity contribution in [2.45, 2.75) is 25.3 Å². The van der Waals surface area contributed by atoms with E-state index in [2.05, 4.69) is 17.3 Å². The molecule has 0 atom stereocenters. The summed E-state index contributed by atoms with van der Waals surface area (Å²) in [6.45, 7) is 5.80. The highest BCUT2D eigenvalue weighted by Gasteiger charge is 2.16. The third kappa shape index (κ3) is 5.80. The number of methoxy groups -OCH3 is 1. The summed E-state index contributed by atoms with van der Waals surface area (Å²) in [6.07, 6.45) is 3.52. The van der Waals surface area contributed by atoms with E-state index >= 15 is 0 Å². The average molecular weight is 230 g/mol. The van der Waals surface area contributed by atoms with E-state index in [0.717, 1.165) is 51.9 Å². The molecule has 0 aromatic heterocycles. The molecule has 4 nitrogen and oxygen atoms in total. The Bertz CT molecular complexity index is 161. The first-order valence-electron chi connectivity index (χ1n) is 6.32. The molecule has 1 heterocycles. The lowest BCUT2D eigenvalue weighted by Gasteiger charge is -2.31. The molecular weight excluding hydrogens is 204 g/mol. The zero-order valence-corrected chi connectivity index (χ0v) is 10.7. The fraction of sp³-hybridized carbons (Fsp3) is 1.00. The van der Waals surface area contributed by atoms with Crippen LogP contribution < -0.4 is 5.32 Å². The molecule has 16 heavy (non-hydrogen) atoms. The molecule has 0 aromatic rings. The Morgan fingerprint density at radius 2 is 1.94 bits per heavy atom. The van der Waals surface area contributed by atoms with Crippen LogP contribution >= 0.6 is 0 Å². The van der Waals surface area contributed by atoms with Gasteiger partial charge in [0, 0.05) is 32.9 Å². The Morgan fingerprint density at radius 1 is 1.19 bits per heavy atom. The Labute approximate surface area is 99.3 Å². The molecule has 0 saturated carbocycles. The molecule has 1 fully saturated rings. The molecule has 0 aromatic carbocycles. The van der Waals surface area contributed by atoms with Crippen molar-refractivity contribution < 1.29 is 9.47 Å². The maximum Gasteiger partial charge on any atom is 0.0593 e. The van der Waals surface area contributed by atoms with Gasteiger partial charge in [-0.05, 0) is 39.4 Å². The molecule has 96 valence electrons. The van der Waals surface area contributed by atoms with Crippen molar-refractivity contribution in [1.82, 2.24) is 10.2 Å².